The molecule has 1 aromatic heterocycles. The van der Waals surface area contributed by atoms with Gasteiger partial charge in [-0.2, -0.15) is 0 Å². The first-order valence-corrected chi connectivity index (χ1v) is 13.3. The van der Waals surface area contributed by atoms with Crippen molar-refractivity contribution < 1.29 is 4.74 Å². The molecule has 1 aromatic carbocycles. The van der Waals surface area contributed by atoms with Crippen molar-refractivity contribution in [2.75, 3.05) is 39.4 Å². The Hall–Kier alpha value is -2.05. The van der Waals surface area contributed by atoms with Crippen molar-refractivity contribution in [3.05, 3.63) is 77.1 Å². The molecule has 1 saturated heterocycles. The minimum Gasteiger partial charge on any atom is -0.381 e. The highest BCUT2D eigenvalue weighted by molar-refractivity contribution is 5.30. The molecule has 0 amide bonds. The Labute approximate surface area is 205 Å². The first-order valence-electron chi connectivity index (χ1n) is 13.3. The number of nitrogens with one attached hydrogen (secondary N) is 2. The normalized spacial score (nSPS) is 23.2. The summed E-state index contributed by atoms with van der Waals surface area (Å²) in [6, 6.07) is 14.1. The topological polar surface area (TPSA) is 49.4 Å². The predicted molar refractivity (Wildman–Crippen MR) is 138 cm³/mol. The third-order valence-corrected chi connectivity index (χ3v) is 7.77. The second-order valence-corrected chi connectivity index (χ2v) is 10.1. The summed E-state index contributed by atoms with van der Waals surface area (Å²) in [5.41, 5.74) is 5.69. The van der Waals surface area contributed by atoms with Crippen molar-refractivity contribution in [1.29, 1.82) is 0 Å². The van der Waals surface area contributed by atoms with Gasteiger partial charge in [-0.15, -0.1) is 0 Å². The smallest absolute Gasteiger partial charge is 0.0607 e. The summed E-state index contributed by atoms with van der Waals surface area (Å²) in [4.78, 5) is 7.52. The summed E-state index contributed by atoms with van der Waals surface area (Å²) >= 11 is 0. The minimum absolute atomic E-state index is 0.406. The maximum Gasteiger partial charge on any atom is 0.0607 e. The number of nitrogens with zero attached hydrogens (tertiary/aromatic N) is 2. The summed E-state index contributed by atoms with van der Waals surface area (Å²) in [5, 5.41) is 7.44. The number of benzene rings is 1. The van der Waals surface area contributed by atoms with Crippen LogP contribution in [0.25, 0.3) is 0 Å². The Bertz CT molecular complexity index is 939. The summed E-state index contributed by atoms with van der Waals surface area (Å²) < 4.78 is 5.48. The Balaban J connectivity index is 1.21. The van der Waals surface area contributed by atoms with Crippen LogP contribution in [0, 0.1) is 5.92 Å². The largest absolute Gasteiger partial charge is 0.381 e. The molecule has 34 heavy (non-hydrogen) atoms. The molecule has 5 nitrogen and oxygen atoms in total. The first kappa shape index (κ1) is 23.7. The minimum atomic E-state index is 0.406. The van der Waals surface area contributed by atoms with Gasteiger partial charge in [-0.1, -0.05) is 42.5 Å². The van der Waals surface area contributed by atoms with Crippen molar-refractivity contribution in [3.8, 4) is 0 Å². The zero-order valence-corrected chi connectivity index (χ0v) is 20.4. The van der Waals surface area contributed by atoms with Gasteiger partial charge in [-0.3, -0.25) is 9.88 Å². The zero-order valence-electron chi connectivity index (χ0n) is 20.4. The maximum atomic E-state index is 5.48. The van der Waals surface area contributed by atoms with Crippen LogP contribution in [0.4, 0.5) is 0 Å². The monoisotopic (exact) mass is 460 g/mol. The second-order valence-electron chi connectivity index (χ2n) is 10.1. The number of rotatable bonds is 9. The van der Waals surface area contributed by atoms with Gasteiger partial charge >= 0.3 is 0 Å². The molecule has 1 aliphatic carbocycles. The van der Waals surface area contributed by atoms with Gasteiger partial charge in [-0.25, -0.2) is 0 Å². The van der Waals surface area contributed by atoms with Crippen LogP contribution in [-0.4, -0.2) is 55.3 Å². The number of aryl methyl sites for hydroxylation is 1. The van der Waals surface area contributed by atoms with Crippen molar-refractivity contribution in [2.24, 2.45) is 5.92 Å². The van der Waals surface area contributed by atoms with E-state index in [1.807, 2.05) is 6.20 Å². The van der Waals surface area contributed by atoms with Crippen molar-refractivity contribution in [1.82, 2.24) is 20.5 Å². The van der Waals surface area contributed by atoms with E-state index >= 15 is 0 Å². The molecule has 0 spiro atoms. The first-order chi connectivity index (χ1) is 16.9. The van der Waals surface area contributed by atoms with Gasteiger partial charge in [0.1, 0.15) is 0 Å². The molecule has 0 unspecified atom stereocenters. The predicted octanol–water partition coefficient (Wildman–Crippen LogP) is 4.05. The fraction of sp³-hybridized carbons (Fsp3) is 0.552. The Morgan fingerprint density at radius 1 is 1.03 bits per heavy atom. The van der Waals surface area contributed by atoms with Gasteiger partial charge in [0.05, 0.1) is 11.7 Å². The Morgan fingerprint density at radius 2 is 1.88 bits per heavy atom. The molecule has 0 saturated carbocycles. The van der Waals surface area contributed by atoms with Gasteiger partial charge < -0.3 is 15.4 Å². The van der Waals surface area contributed by atoms with E-state index in [9.17, 15) is 0 Å². The van der Waals surface area contributed by atoms with Crippen LogP contribution in [0.15, 0.2) is 54.7 Å². The molecular weight excluding hydrogens is 420 g/mol. The molecule has 5 heteroatoms. The highest BCUT2D eigenvalue weighted by atomic mass is 16.5. The van der Waals surface area contributed by atoms with Gasteiger partial charge in [0.15, 0.2) is 0 Å². The standard InChI is InChI=1S/C29H40N4O/c1-2-8-26-21-32-27(19-25(26)7-1)22-33(28-11-5-9-24-10-6-15-31-29(24)28)16-4-3-14-30-20-23-12-17-34-18-13-23/h1-4,6-8,10,15,23,27-28,30,32H,5,9,11-14,16-22H2/b4-3+/t27-,28+/m1/s1. The second kappa shape index (κ2) is 12.1. The van der Waals surface area contributed by atoms with Crippen LogP contribution < -0.4 is 10.6 Å². The highest BCUT2D eigenvalue weighted by Crippen LogP contribution is 2.33. The van der Waals surface area contributed by atoms with Crippen LogP contribution >= 0.6 is 0 Å². The molecule has 5 rings (SSSR count). The fourth-order valence-corrected chi connectivity index (χ4v) is 5.82. The average Bonchev–Trinajstić information content (AvgIpc) is 2.90. The lowest BCUT2D eigenvalue weighted by molar-refractivity contribution is 0.0666. The van der Waals surface area contributed by atoms with E-state index in [1.165, 1.54) is 48.1 Å². The van der Waals surface area contributed by atoms with Gasteiger partial charge in [0.25, 0.3) is 0 Å². The van der Waals surface area contributed by atoms with E-state index in [2.05, 4.69) is 64.1 Å². The van der Waals surface area contributed by atoms with E-state index in [0.717, 1.165) is 64.7 Å². The van der Waals surface area contributed by atoms with E-state index in [-0.39, 0.29) is 0 Å². The maximum absolute atomic E-state index is 5.48. The molecule has 2 aliphatic heterocycles. The zero-order chi connectivity index (χ0) is 23.0. The Kier molecular flexibility index (Phi) is 8.41. The van der Waals surface area contributed by atoms with Crippen molar-refractivity contribution in [2.45, 2.75) is 57.2 Å². The molecule has 2 N–H and O–H groups in total. The van der Waals surface area contributed by atoms with Gasteiger partial charge in [0, 0.05) is 51.6 Å². The van der Waals surface area contributed by atoms with E-state index in [1.54, 1.807) is 0 Å². The van der Waals surface area contributed by atoms with Gasteiger partial charge in [0.2, 0.25) is 0 Å². The molecule has 0 bridgehead atoms. The number of hydrogen-bond acceptors (Lipinski definition) is 5. The Morgan fingerprint density at radius 3 is 2.79 bits per heavy atom. The molecule has 3 heterocycles. The van der Waals surface area contributed by atoms with Crippen LogP contribution in [0.2, 0.25) is 0 Å². The third-order valence-electron chi connectivity index (χ3n) is 7.77. The quantitative estimate of drug-likeness (QED) is 0.437. The van der Waals surface area contributed by atoms with Crippen LogP contribution in [0.3, 0.4) is 0 Å². The molecule has 2 aromatic rings. The molecule has 0 radical (unpaired) electrons. The number of hydrogen-bond donors (Lipinski definition) is 2. The van der Waals surface area contributed by atoms with E-state index < -0.39 is 0 Å². The summed E-state index contributed by atoms with van der Waals surface area (Å²) in [6.07, 6.45) is 13.7. The summed E-state index contributed by atoms with van der Waals surface area (Å²) in [7, 11) is 0. The molecular formula is C29H40N4O. The SMILES string of the molecule is C(=C\CN(C[C@H]1Cc2ccccc2CN1)[C@H]1CCCc2cccnc21)/CNCC1CCOCC1. The lowest BCUT2D eigenvalue weighted by Crippen LogP contribution is -2.46. The summed E-state index contributed by atoms with van der Waals surface area (Å²) in [6.45, 7) is 6.89. The lowest BCUT2D eigenvalue weighted by atomic mass is 9.89. The average molecular weight is 461 g/mol. The highest BCUT2D eigenvalue weighted by Gasteiger charge is 2.29. The van der Waals surface area contributed by atoms with Gasteiger partial charge in [-0.05, 0) is 73.7 Å². The fourth-order valence-electron chi connectivity index (χ4n) is 5.82. The van der Waals surface area contributed by atoms with E-state index in [0.29, 0.717) is 12.1 Å². The number of pyridine rings is 1. The number of aromatic nitrogens is 1. The molecule has 3 aliphatic rings. The molecule has 1 fully saturated rings. The van der Waals surface area contributed by atoms with Crippen LogP contribution in [0.5, 0.6) is 0 Å². The number of fused-ring (bicyclic) bond motifs is 2. The number of ether oxygens (including phenoxy) is 1. The lowest BCUT2D eigenvalue weighted by Gasteiger charge is -2.38. The van der Waals surface area contributed by atoms with Crippen LogP contribution in [0.1, 0.15) is 54.1 Å². The molecule has 2 atom stereocenters. The van der Waals surface area contributed by atoms with Crippen molar-refractivity contribution in [3.63, 3.8) is 0 Å². The van der Waals surface area contributed by atoms with E-state index in [4.69, 9.17) is 9.72 Å². The summed E-state index contributed by atoms with van der Waals surface area (Å²) in [5.74, 6) is 0.767. The third kappa shape index (κ3) is 6.14. The van der Waals surface area contributed by atoms with Crippen molar-refractivity contribution >= 4 is 0 Å². The van der Waals surface area contributed by atoms with Crippen LogP contribution in [-0.2, 0) is 24.1 Å². The molecule has 182 valence electrons.